The van der Waals surface area contributed by atoms with Crippen LogP contribution in [0.15, 0.2) is 72.3 Å². The largest absolute Gasteiger partial charge is 0.354 e. The van der Waals surface area contributed by atoms with Crippen molar-refractivity contribution in [3.8, 4) is 0 Å². The second-order valence-electron chi connectivity index (χ2n) is 8.96. The number of amides is 2. The van der Waals surface area contributed by atoms with Gasteiger partial charge in [0.15, 0.2) is 0 Å². The summed E-state index contributed by atoms with van der Waals surface area (Å²) in [6.07, 6.45) is 8.50. The number of nitrogens with one attached hydrogen (secondary N) is 1. The van der Waals surface area contributed by atoms with Crippen LogP contribution < -0.4 is 5.32 Å². The van der Waals surface area contributed by atoms with Gasteiger partial charge in [0.2, 0.25) is 11.8 Å². The number of carbonyl (C=O) groups is 2. The molecule has 0 radical (unpaired) electrons. The number of benzene rings is 2. The molecule has 2 aromatic carbocycles. The van der Waals surface area contributed by atoms with E-state index in [1.807, 2.05) is 74.5 Å². The predicted molar refractivity (Wildman–Crippen MR) is 130 cm³/mol. The van der Waals surface area contributed by atoms with Gasteiger partial charge in [-0.15, -0.1) is 0 Å². The second-order valence-corrected chi connectivity index (χ2v) is 8.96. The first-order chi connectivity index (χ1) is 15.5. The van der Waals surface area contributed by atoms with Gasteiger partial charge in [0.25, 0.3) is 0 Å². The molecule has 2 amide bonds. The highest BCUT2D eigenvalue weighted by Crippen LogP contribution is 2.20. The smallest absolute Gasteiger partial charge is 0.243 e. The molecule has 0 aliphatic heterocycles. The highest BCUT2D eigenvalue weighted by molar-refractivity contribution is 5.88. The lowest BCUT2D eigenvalue weighted by Gasteiger charge is -2.33. The minimum absolute atomic E-state index is 0.0000713. The summed E-state index contributed by atoms with van der Waals surface area (Å²) in [6, 6.07) is 19.3. The van der Waals surface area contributed by atoms with Crippen LogP contribution in [0.1, 0.15) is 57.1 Å². The Morgan fingerprint density at radius 1 is 0.938 bits per heavy atom. The Labute approximate surface area is 192 Å². The normalized spacial score (nSPS) is 14.5. The summed E-state index contributed by atoms with van der Waals surface area (Å²) in [4.78, 5) is 28.4. The molecule has 1 aliphatic carbocycles. The fourth-order valence-corrected chi connectivity index (χ4v) is 4.23. The molecule has 3 rings (SSSR count). The molecule has 2 aromatic rings. The van der Waals surface area contributed by atoms with E-state index in [-0.39, 0.29) is 17.7 Å². The highest BCUT2D eigenvalue weighted by Gasteiger charge is 2.31. The predicted octanol–water partition coefficient (Wildman–Crippen LogP) is 5.29. The highest BCUT2D eigenvalue weighted by atomic mass is 16.2. The Bertz CT molecular complexity index is 890. The van der Waals surface area contributed by atoms with Crippen molar-refractivity contribution in [3.63, 3.8) is 0 Å². The van der Waals surface area contributed by atoms with Gasteiger partial charge in [-0.05, 0) is 43.2 Å². The first-order valence-corrected chi connectivity index (χ1v) is 11.9. The summed E-state index contributed by atoms with van der Waals surface area (Å²) in [5.41, 5.74) is 3.52. The van der Waals surface area contributed by atoms with E-state index in [4.69, 9.17) is 0 Å². The fraction of sp³-hybridized carbons (Fsp3) is 0.429. The van der Waals surface area contributed by atoms with E-state index in [2.05, 4.69) is 11.4 Å². The van der Waals surface area contributed by atoms with Gasteiger partial charge in [0.1, 0.15) is 6.04 Å². The molecule has 32 heavy (non-hydrogen) atoms. The van der Waals surface area contributed by atoms with Crippen molar-refractivity contribution in [1.29, 1.82) is 0 Å². The molecule has 1 unspecified atom stereocenters. The molecular formula is C28H36N2O2. The summed E-state index contributed by atoms with van der Waals surface area (Å²) in [6.45, 7) is 4.83. The lowest BCUT2D eigenvalue weighted by Crippen LogP contribution is -2.51. The maximum atomic E-state index is 13.4. The number of rotatable bonds is 10. The van der Waals surface area contributed by atoms with Gasteiger partial charge in [-0.3, -0.25) is 9.59 Å². The molecule has 0 saturated heterocycles. The van der Waals surface area contributed by atoms with Gasteiger partial charge < -0.3 is 10.2 Å². The van der Waals surface area contributed by atoms with E-state index in [1.165, 1.54) is 18.4 Å². The maximum absolute atomic E-state index is 13.4. The van der Waals surface area contributed by atoms with E-state index in [9.17, 15) is 9.59 Å². The van der Waals surface area contributed by atoms with Crippen LogP contribution in [-0.4, -0.2) is 29.3 Å². The van der Waals surface area contributed by atoms with Crippen LogP contribution in [-0.2, 0) is 22.6 Å². The topological polar surface area (TPSA) is 49.4 Å². The molecule has 0 saturated carbocycles. The molecule has 0 bridgehead atoms. The molecule has 4 heteroatoms. The van der Waals surface area contributed by atoms with Crippen molar-refractivity contribution in [2.45, 2.75) is 65.0 Å². The zero-order valence-electron chi connectivity index (χ0n) is 19.4. The standard InChI is InChI=1S/C28H36N2O2/c1-22(2)28(32)30(21-25-16-10-5-11-17-25)26(20-24-14-8-4-9-15-24)27(31)29-19-18-23-12-6-3-7-13-23/h4-5,8-12,14-17,22,26H,3,6-7,13,18-21H2,1-2H3,(H,29,31). The van der Waals surface area contributed by atoms with Gasteiger partial charge in [-0.25, -0.2) is 0 Å². The molecule has 0 spiro atoms. The average Bonchev–Trinajstić information content (AvgIpc) is 2.82. The first-order valence-electron chi connectivity index (χ1n) is 11.9. The van der Waals surface area contributed by atoms with E-state index in [0.717, 1.165) is 30.4 Å². The van der Waals surface area contributed by atoms with Crippen molar-refractivity contribution in [3.05, 3.63) is 83.4 Å². The molecule has 4 nitrogen and oxygen atoms in total. The number of hydrogen-bond donors (Lipinski definition) is 1. The summed E-state index contributed by atoms with van der Waals surface area (Å²) >= 11 is 0. The summed E-state index contributed by atoms with van der Waals surface area (Å²) in [5.74, 6) is -0.257. The molecule has 0 fully saturated rings. The van der Waals surface area contributed by atoms with Crippen LogP contribution >= 0.6 is 0 Å². The third kappa shape index (κ3) is 7.08. The Hall–Kier alpha value is -2.88. The lowest BCUT2D eigenvalue weighted by atomic mass is 9.97. The summed E-state index contributed by atoms with van der Waals surface area (Å²) < 4.78 is 0. The molecule has 1 N–H and O–H groups in total. The summed E-state index contributed by atoms with van der Waals surface area (Å²) in [7, 11) is 0. The second kappa shape index (κ2) is 12.2. The fourth-order valence-electron chi connectivity index (χ4n) is 4.23. The molecular weight excluding hydrogens is 396 g/mol. The Kier molecular flexibility index (Phi) is 9.09. The van der Waals surface area contributed by atoms with Crippen LogP contribution in [0, 0.1) is 5.92 Å². The summed E-state index contributed by atoms with van der Waals surface area (Å²) in [5, 5.41) is 3.14. The minimum Gasteiger partial charge on any atom is -0.354 e. The third-order valence-corrected chi connectivity index (χ3v) is 6.05. The maximum Gasteiger partial charge on any atom is 0.243 e. The van der Waals surface area contributed by atoms with E-state index in [1.54, 1.807) is 4.90 Å². The van der Waals surface area contributed by atoms with Crippen molar-refractivity contribution in [1.82, 2.24) is 10.2 Å². The Balaban J connectivity index is 1.79. The molecule has 0 aromatic heterocycles. The lowest BCUT2D eigenvalue weighted by molar-refractivity contribution is -0.143. The number of nitrogens with zero attached hydrogens (tertiary/aromatic N) is 1. The van der Waals surface area contributed by atoms with E-state index in [0.29, 0.717) is 19.5 Å². The first kappa shape index (κ1) is 23.8. The quantitative estimate of drug-likeness (QED) is 0.519. The van der Waals surface area contributed by atoms with Gasteiger partial charge in [-0.1, -0.05) is 86.2 Å². The molecule has 0 heterocycles. The zero-order chi connectivity index (χ0) is 22.8. The van der Waals surface area contributed by atoms with Crippen LogP contribution in [0.2, 0.25) is 0 Å². The van der Waals surface area contributed by atoms with Crippen LogP contribution in [0.5, 0.6) is 0 Å². The molecule has 1 aliphatic rings. The van der Waals surface area contributed by atoms with Crippen LogP contribution in [0.25, 0.3) is 0 Å². The van der Waals surface area contributed by atoms with Crippen LogP contribution in [0.4, 0.5) is 0 Å². The van der Waals surface area contributed by atoms with Gasteiger partial charge in [0, 0.05) is 25.4 Å². The SMILES string of the molecule is CC(C)C(=O)N(Cc1ccccc1)C(Cc1ccccc1)C(=O)NCCC1=CCCCC1. The van der Waals surface area contributed by atoms with Gasteiger partial charge >= 0.3 is 0 Å². The number of carbonyl (C=O) groups excluding carboxylic acids is 2. The molecule has 1 atom stereocenters. The van der Waals surface area contributed by atoms with E-state index >= 15 is 0 Å². The number of allylic oxidation sites excluding steroid dienone is 1. The minimum atomic E-state index is -0.548. The van der Waals surface area contributed by atoms with E-state index < -0.39 is 6.04 Å². The van der Waals surface area contributed by atoms with Crippen molar-refractivity contribution in [2.24, 2.45) is 5.92 Å². The third-order valence-electron chi connectivity index (χ3n) is 6.05. The zero-order valence-corrected chi connectivity index (χ0v) is 19.4. The monoisotopic (exact) mass is 432 g/mol. The van der Waals surface area contributed by atoms with Crippen molar-refractivity contribution in [2.75, 3.05) is 6.54 Å². The Morgan fingerprint density at radius 2 is 1.59 bits per heavy atom. The molecule has 170 valence electrons. The average molecular weight is 433 g/mol. The van der Waals surface area contributed by atoms with Gasteiger partial charge in [-0.2, -0.15) is 0 Å². The Morgan fingerprint density at radius 3 is 2.19 bits per heavy atom. The van der Waals surface area contributed by atoms with Crippen molar-refractivity contribution >= 4 is 11.8 Å². The van der Waals surface area contributed by atoms with Crippen molar-refractivity contribution < 1.29 is 9.59 Å². The van der Waals surface area contributed by atoms with Crippen LogP contribution in [0.3, 0.4) is 0 Å². The number of hydrogen-bond acceptors (Lipinski definition) is 2. The van der Waals surface area contributed by atoms with Gasteiger partial charge in [0.05, 0.1) is 0 Å².